The monoisotopic (exact) mass is 378 g/mol. The maximum atomic E-state index is 12.8. The second-order valence-corrected chi connectivity index (χ2v) is 6.17. The van der Waals surface area contributed by atoms with Crippen LogP contribution < -0.4 is 10.6 Å². The Labute approximate surface area is 147 Å². The van der Waals surface area contributed by atoms with Crippen molar-refractivity contribution >= 4 is 29.1 Å². The minimum Gasteiger partial charge on any atom is -0.385 e. The number of alkyl halides is 3. The molecule has 5 nitrogen and oxygen atoms in total. The van der Waals surface area contributed by atoms with Crippen molar-refractivity contribution in [2.45, 2.75) is 19.0 Å². The van der Waals surface area contributed by atoms with Crippen LogP contribution in [0.15, 0.2) is 18.2 Å². The fourth-order valence-electron chi connectivity index (χ4n) is 2.39. The molecule has 1 fully saturated rings. The van der Waals surface area contributed by atoms with Crippen LogP contribution in [0.25, 0.3) is 0 Å². The van der Waals surface area contributed by atoms with Crippen molar-refractivity contribution in [1.29, 1.82) is 0 Å². The minimum absolute atomic E-state index is 0.00659. The molecule has 1 saturated carbocycles. The van der Waals surface area contributed by atoms with Crippen LogP contribution in [0, 0.1) is 11.8 Å². The largest absolute Gasteiger partial charge is 0.417 e. The molecule has 1 aliphatic carbocycles. The van der Waals surface area contributed by atoms with Crippen LogP contribution in [0.5, 0.6) is 0 Å². The van der Waals surface area contributed by atoms with Crippen LogP contribution in [0.3, 0.4) is 0 Å². The van der Waals surface area contributed by atoms with E-state index in [2.05, 4.69) is 10.6 Å². The number of nitrogens with one attached hydrogen (secondary N) is 2. The lowest BCUT2D eigenvalue weighted by Crippen LogP contribution is -2.28. The molecular formula is C16H18ClF3N2O3. The molecule has 0 bridgehead atoms. The Bertz CT molecular complexity index is 652. The smallest absolute Gasteiger partial charge is 0.385 e. The van der Waals surface area contributed by atoms with Gasteiger partial charge in [-0.2, -0.15) is 13.2 Å². The van der Waals surface area contributed by atoms with E-state index < -0.39 is 34.5 Å². The molecule has 0 aliphatic heterocycles. The number of amides is 2. The van der Waals surface area contributed by atoms with E-state index in [-0.39, 0.29) is 11.6 Å². The molecule has 2 rings (SSSR count). The lowest BCUT2D eigenvalue weighted by molar-refractivity contribution is -0.137. The SMILES string of the molecule is COCCCNC(=O)C1CC1C(=O)Nc1ccc(Cl)c(C(F)(F)F)c1. The number of carbonyl (C=O) groups excluding carboxylic acids is 2. The Kier molecular flexibility index (Phi) is 6.29. The lowest BCUT2D eigenvalue weighted by atomic mass is 10.2. The van der Waals surface area contributed by atoms with Crippen molar-refractivity contribution in [3.05, 3.63) is 28.8 Å². The molecule has 9 heteroatoms. The second kappa shape index (κ2) is 8.05. The summed E-state index contributed by atoms with van der Waals surface area (Å²) in [5, 5.41) is 4.67. The highest BCUT2D eigenvalue weighted by Gasteiger charge is 2.48. The molecule has 25 heavy (non-hydrogen) atoms. The summed E-state index contributed by atoms with van der Waals surface area (Å²) in [6, 6.07) is 3.15. The average molecular weight is 379 g/mol. The third-order valence-electron chi connectivity index (χ3n) is 3.83. The van der Waals surface area contributed by atoms with Gasteiger partial charge in [0.2, 0.25) is 11.8 Å². The molecule has 2 atom stereocenters. The average Bonchev–Trinajstić information content (AvgIpc) is 3.33. The van der Waals surface area contributed by atoms with E-state index in [9.17, 15) is 22.8 Å². The topological polar surface area (TPSA) is 67.4 Å². The van der Waals surface area contributed by atoms with Gasteiger partial charge in [0.05, 0.1) is 22.4 Å². The Morgan fingerprint density at radius 3 is 2.60 bits per heavy atom. The van der Waals surface area contributed by atoms with E-state index in [1.54, 1.807) is 7.11 Å². The van der Waals surface area contributed by atoms with E-state index in [1.165, 1.54) is 6.07 Å². The van der Waals surface area contributed by atoms with Crippen LogP contribution in [0.1, 0.15) is 18.4 Å². The number of halogens is 4. The zero-order valence-electron chi connectivity index (χ0n) is 13.5. The molecule has 1 aromatic rings. The molecule has 2 N–H and O–H groups in total. The van der Waals surface area contributed by atoms with E-state index in [0.717, 1.165) is 12.1 Å². The number of hydrogen-bond donors (Lipinski definition) is 2. The maximum Gasteiger partial charge on any atom is 0.417 e. The molecule has 138 valence electrons. The van der Waals surface area contributed by atoms with Gasteiger partial charge < -0.3 is 15.4 Å². The first-order valence-corrected chi connectivity index (χ1v) is 8.06. The van der Waals surface area contributed by atoms with Gasteiger partial charge in [0, 0.05) is 25.9 Å². The van der Waals surface area contributed by atoms with Gasteiger partial charge in [0.15, 0.2) is 0 Å². The molecule has 0 saturated heterocycles. The highest BCUT2D eigenvalue weighted by atomic mass is 35.5. The van der Waals surface area contributed by atoms with Crippen molar-refractivity contribution in [3.63, 3.8) is 0 Å². The molecule has 0 heterocycles. The summed E-state index contributed by atoms with van der Waals surface area (Å²) in [5.41, 5.74) is -1.02. The highest BCUT2D eigenvalue weighted by Crippen LogP contribution is 2.40. The van der Waals surface area contributed by atoms with E-state index in [4.69, 9.17) is 16.3 Å². The van der Waals surface area contributed by atoms with E-state index >= 15 is 0 Å². The standard InChI is InChI=1S/C16H18ClF3N2O3/c1-25-6-2-5-21-14(23)10-8-11(10)15(24)22-9-3-4-13(17)12(7-9)16(18,19)20/h3-4,7,10-11H,2,5-6,8H2,1H3,(H,21,23)(H,22,24). The third-order valence-corrected chi connectivity index (χ3v) is 4.16. The summed E-state index contributed by atoms with van der Waals surface area (Å²) in [7, 11) is 1.56. The fourth-order valence-corrected chi connectivity index (χ4v) is 2.61. The van der Waals surface area contributed by atoms with Gasteiger partial charge >= 0.3 is 6.18 Å². The molecule has 2 unspecified atom stereocenters. The first kappa shape index (κ1) is 19.5. The van der Waals surface area contributed by atoms with Gasteiger partial charge in [-0.05, 0) is 31.0 Å². The molecule has 0 aromatic heterocycles. The zero-order chi connectivity index (χ0) is 18.6. The van der Waals surface area contributed by atoms with E-state index in [0.29, 0.717) is 26.0 Å². The highest BCUT2D eigenvalue weighted by molar-refractivity contribution is 6.31. The first-order chi connectivity index (χ1) is 11.7. The number of anilines is 1. The third kappa shape index (κ3) is 5.34. The number of hydrogen-bond acceptors (Lipinski definition) is 3. The summed E-state index contributed by atoms with van der Waals surface area (Å²) in [5.74, 6) is -1.69. The second-order valence-electron chi connectivity index (χ2n) is 5.77. The van der Waals surface area contributed by atoms with Crippen molar-refractivity contribution in [2.75, 3.05) is 25.6 Å². The zero-order valence-corrected chi connectivity index (χ0v) is 14.2. The van der Waals surface area contributed by atoms with E-state index in [1.807, 2.05) is 0 Å². The van der Waals surface area contributed by atoms with Gasteiger partial charge in [0.25, 0.3) is 0 Å². The Hall–Kier alpha value is -1.80. The van der Waals surface area contributed by atoms with Gasteiger partial charge in [-0.15, -0.1) is 0 Å². The first-order valence-electron chi connectivity index (χ1n) is 7.68. The molecule has 0 radical (unpaired) electrons. The van der Waals surface area contributed by atoms with Crippen molar-refractivity contribution in [2.24, 2.45) is 11.8 Å². The number of ether oxygens (including phenoxy) is 1. The van der Waals surface area contributed by atoms with Crippen LogP contribution in [-0.2, 0) is 20.5 Å². The number of carbonyl (C=O) groups is 2. The molecular weight excluding hydrogens is 361 g/mol. The van der Waals surface area contributed by atoms with Crippen molar-refractivity contribution in [1.82, 2.24) is 5.32 Å². The van der Waals surface area contributed by atoms with Crippen LogP contribution in [0.2, 0.25) is 5.02 Å². The quantitative estimate of drug-likeness (QED) is 0.716. The van der Waals surface area contributed by atoms with Crippen molar-refractivity contribution in [3.8, 4) is 0 Å². The molecule has 1 aliphatic rings. The Morgan fingerprint density at radius 2 is 1.96 bits per heavy atom. The normalized spacial score (nSPS) is 19.4. The molecule has 0 spiro atoms. The number of methoxy groups -OCH3 is 1. The number of benzene rings is 1. The van der Waals surface area contributed by atoms with Gasteiger partial charge in [-0.25, -0.2) is 0 Å². The minimum atomic E-state index is -4.61. The predicted molar refractivity (Wildman–Crippen MR) is 86.2 cm³/mol. The van der Waals surface area contributed by atoms with Gasteiger partial charge in [-0.1, -0.05) is 11.6 Å². The van der Waals surface area contributed by atoms with Gasteiger partial charge in [0.1, 0.15) is 0 Å². The predicted octanol–water partition coefficient (Wildman–Crippen LogP) is 3.09. The fraction of sp³-hybridized carbons (Fsp3) is 0.500. The van der Waals surface area contributed by atoms with Crippen LogP contribution in [-0.4, -0.2) is 32.1 Å². The molecule has 2 amide bonds. The Morgan fingerprint density at radius 1 is 1.28 bits per heavy atom. The summed E-state index contributed by atoms with van der Waals surface area (Å²) in [6.07, 6.45) is -3.57. The maximum absolute atomic E-state index is 12.8. The van der Waals surface area contributed by atoms with Crippen molar-refractivity contribution < 1.29 is 27.5 Å². The lowest BCUT2D eigenvalue weighted by Gasteiger charge is -2.11. The van der Waals surface area contributed by atoms with Gasteiger partial charge in [-0.3, -0.25) is 9.59 Å². The summed E-state index contributed by atoms with van der Waals surface area (Å²) in [4.78, 5) is 24.0. The summed E-state index contributed by atoms with van der Waals surface area (Å²) >= 11 is 5.53. The molecule has 1 aromatic carbocycles. The summed E-state index contributed by atoms with van der Waals surface area (Å²) < 4.78 is 43.3. The Balaban J connectivity index is 1.88. The summed E-state index contributed by atoms with van der Waals surface area (Å²) in [6.45, 7) is 0.969. The number of rotatable bonds is 7. The van der Waals surface area contributed by atoms with Crippen LogP contribution >= 0.6 is 11.6 Å². The van der Waals surface area contributed by atoms with Crippen LogP contribution in [0.4, 0.5) is 18.9 Å².